The molecule has 0 radical (unpaired) electrons. The summed E-state index contributed by atoms with van der Waals surface area (Å²) in [5, 5.41) is 17.6. The summed E-state index contributed by atoms with van der Waals surface area (Å²) in [7, 11) is 1.60. The summed E-state index contributed by atoms with van der Waals surface area (Å²) in [6, 6.07) is 10.6. The van der Waals surface area contributed by atoms with Crippen molar-refractivity contribution in [3.8, 4) is 5.69 Å². The Morgan fingerprint density at radius 2 is 1.92 bits per heavy atom. The smallest absolute Gasteiger partial charge is 0.322 e. The average Bonchev–Trinajstić information content (AvgIpc) is 2.95. The zero-order chi connectivity index (χ0) is 18.8. The molecule has 1 N–H and O–H groups in total. The van der Waals surface area contributed by atoms with E-state index in [0.29, 0.717) is 15.8 Å². The zero-order valence-corrected chi connectivity index (χ0v) is 15.0. The van der Waals surface area contributed by atoms with Gasteiger partial charge in [-0.2, -0.15) is 9.78 Å². The molecule has 0 unspecified atom stereocenters. The highest BCUT2D eigenvalue weighted by atomic mass is 79.9. The second kappa shape index (κ2) is 6.92. The van der Waals surface area contributed by atoms with Gasteiger partial charge in [0, 0.05) is 24.4 Å². The standard InChI is InChI=1S/C16H12BrN5O4/c1-20-9-18-21(16(20)24)12-5-3-11(4-6-12)19-15(23)10-2-7-13(17)14(8-10)22(25)26/h2-9H,1H3,(H,19,23). The normalized spacial score (nSPS) is 10.5. The first-order chi connectivity index (χ1) is 12.4. The van der Waals surface area contributed by atoms with Gasteiger partial charge in [-0.25, -0.2) is 4.79 Å². The van der Waals surface area contributed by atoms with E-state index in [1.165, 1.54) is 33.8 Å². The zero-order valence-electron chi connectivity index (χ0n) is 13.4. The second-order valence-corrected chi connectivity index (χ2v) is 6.21. The Labute approximate surface area is 155 Å². The van der Waals surface area contributed by atoms with Crippen LogP contribution in [0.1, 0.15) is 10.4 Å². The molecule has 0 aliphatic rings. The minimum atomic E-state index is -0.569. The fourth-order valence-corrected chi connectivity index (χ4v) is 2.63. The van der Waals surface area contributed by atoms with Gasteiger partial charge in [0.15, 0.2) is 0 Å². The second-order valence-electron chi connectivity index (χ2n) is 5.36. The molecule has 0 fully saturated rings. The monoisotopic (exact) mass is 417 g/mol. The van der Waals surface area contributed by atoms with Gasteiger partial charge >= 0.3 is 5.69 Å². The number of amides is 1. The summed E-state index contributed by atoms with van der Waals surface area (Å²) >= 11 is 3.08. The number of aryl methyl sites for hydroxylation is 1. The van der Waals surface area contributed by atoms with E-state index in [0.717, 1.165) is 0 Å². The van der Waals surface area contributed by atoms with Gasteiger partial charge in [0.25, 0.3) is 11.6 Å². The van der Waals surface area contributed by atoms with Crippen molar-refractivity contribution in [1.82, 2.24) is 14.3 Å². The Morgan fingerprint density at radius 3 is 2.50 bits per heavy atom. The van der Waals surface area contributed by atoms with Crippen molar-refractivity contribution in [2.24, 2.45) is 7.05 Å². The van der Waals surface area contributed by atoms with Crippen molar-refractivity contribution in [3.05, 3.63) is 79.4 Å². The molecule has 0 saturated carbocycles. The number of hydrogen-bond acceptors (Lipinski definition) is 5. The number of benzene rings is 2. The van der Waals surface area contributed by atoms with Crippen LogP contribution in [0.15, 0.2) is 58.1 Å². The quantitative estimate of drug-likeness (QED) is 0.517. The number of carbonyl (C=O) groups excluding carboxylic acids is 1. The van der Waals surface area contributed by atoms with E-state index < -0.39 is 10.8 Å². The first-order valence-corrected chi connectivity index (χ1v) is 8.12. The molecule has 1 amide bonds. The van der Waals surface area contributed by atoms with Gasteiger partial charge in [-0.15, -0.1) is 0 Å². The third-order valence-corrected chi connectivity index (χ3v) is 4.27. The maximum atomic E-state index is 12.3. The molecule has 0 spiro atoms. The lowest BCUT2D eigenvalue weighted by Gasteiger charge is -2.07. The van der Waals surface area contributed by atoms with Crippen LogP contribution in [-0.2, 0) is 7.05 Å². The molecule has 1 aromatic heterocycles. The van der Waals surface area contributed by atoms with E-state index in [2.05, 4.69) is 26.3 Å². The predicted octanol–water partition coefficient (Wildman–Crippen LogP) is 2.49. The maximum Gasteiger partial charge on any atom is 0.350 e. The van der Waals surface area contributed by atoms with Gasteiger partial charge in [0.2, 0.25) is 0 Å². The van der Waals surface area contributed by atoms with Crippen LogP contribution in [0.25, 0.3) is 5.69 Å². The highest BCUT2D eigenvalue weighted by Gasteiger charge is 2.16. The molecule has 2 aromatic carbocycles. The number of rotatable bonds is 4. The van der Waals surface area contributed by atoms with Crippen LogP contribution in [0.3, 0.4) is 0 Å². The van der Waals surface area contributed by atoms with Crippen molar-refractivity contribution in [1.29, 1.82) is 0 Å². The van der Waals surface area contributed by atoms with Crippen molar-refractivity contribution >= 4 is 33.2 Å². The number of nitro groups is 1. The summed E-state index contributed by atoms with van der Waals surface area (Å²) < 4.78 is 2.86. The minimum Gasteiger partial charge on any atom is -0.322 e. The van der Waals surface area contributed by atoms with Crippen molar-refractivity contribution in [3.63, 3.8) is 0 Å². The Balaban J connectivity index is 1.80. The predicted molar refractivity (Wildman–Crippen MR) is 97.6 cm³/mol. The number of nitrogens with zero attached hydrogens (tertiary/aromatic N) is 4. The van der Waals surface area contributed by atoms with Crippen molar-refractivity contribution in [2.45, 2.75) is 0 Å². The van der Waals surface area contributed by atoms with E-state index in [9.17, 15) is 19.7 Å². The third kappa shape index (κ3) is 3.40. The van der Waals surface area contributed by atoms with Crippen LogP contribution in [0.4, 0.5) is 11.4 Å². The Morgan fingerprint density at radius 1 is 1.23 bits per heavy atom. The third-order valence-electron chi connectivity index (χ3n) is 3.60. The number of carbonyl (C=O) groups is 1. The number of hydrogen-bond donors (Lipinski definition) is 1. The molecule has 132 valence electrons. The number of aromatic nitrogens is 3. The molecule has 9 nitrogen and oxygen atoms in total. The van der Waals surface area contributed by atoms with E-state index in [1.54, 1.807) is 31.3 Å². The van der Waals surface area contributed by atoms with Gasteiger partial charge in [-0.3, -0.25) is 19.5 Å². The van der Waals surface area contributed by atoms with Crippen molar-refractivity contribution < 1.29 is 9.72 Å². The molecule has 0 bridgehead atoms. The number of halogens is 1. The topological polar surface area (TPSA) is 112 Å². The lowest BCUT2D eigenvalue weighted by Crippen LogP contribution is -2.21. The van der Waals surface area contributed by atoms with Crippen LogP contribution in [0.5, 0.6) is 0 Å². The number of nitrogens with one attached hydrogen (secondary N) is 1. The summed E-state index contributed by atoms with van der Waals surface area (Å²) in [6.45, 7) is 0. The molecular formula is C16H12BrN5O4. The maximum absolute atomic E-state index is 12.3. The van der Waals surface area contributed by atoms with E-state index in [4.69, 9.17) is 0 Å². The molecule has 0 atom stereocenters. The number of anilines is 1. The molecule has 26 heavy (non-hydrogen) atoms. The minimum absolute atomic E-state index is 0.157. The van der Waals surface area contributed by atoms with Crippen molar-refractivity contribution in [2.75, 3.05) is 5.32 Å². The lowest BCUT2D eigenvalue weighted by molar-refractivity contribution is -0.385. The van der Waals surface area contributed by atoms with Gasteiger partial charge in [-0.05, 0) is 52.3 Å². The van der Waals surface area contributed by atoms with Crippen LogP contribution in [0.2, 0.25) is 0 Å². The summed E-state index contributed by atoms with van der Waals surface area (Å²) in [5.74, 6) is -0.483. The van der Waals surface area contributed by atoms with E-state index in [-0.39, 0.29) is 16.9 Å². The van der Waals surface area contributed by atoms with Gasteiger partial charge in [0.05, 0.1) is 15.1 Å². The molecule has 3 rings (SSSR count). The van der Waals surface area contributed by atoms with Gasteiger partial charge in [-0.1, -0.05) is 0 Å². The van der Waals surface area contributed by atoms with E-state index >= 15 is 0 Å². The first-order valence-electron chi connectivity index (χ1n) is 7.33. The molecule has 0 aliphatic carbocycles. The Hall–Kier alpha value is -3.27. The van der Waals surface area contributed by atoms with Gasteiger partial charge in [0.1, 0.15) is 6.33 Å². The fraction of sp³-hybridized carbons (Fsp3) is 0.0625. The molecule has 10 heteroatoms. The largest absolute Gasteiger partial charge is 0.350 e. The molecular weight excluding hydrogens is 406 g/mol. The van der Waals surface area contributed by atoms with Crippen LogP contribution >= 0.6 is 15.9 Å². The SMILES string of the molecule is Cn1cnn(-c2ccc(NC(=O)c3ccc(Br)c([N+](=O)[O-])c3)cc2)c1=O. The summed E-state index contributed by atoms with van der Waals surface area (Å²) in [4.78, 5) is 34.6. The van der Waals surface area contributed by atoms with E-state index in [1.807, 2.05) is 0 Å². The van der Waals surface area contributed by atoms with Gasteiger partial charge < -0.3 is 5.32 Å². The Bertz CT molecular complexity index is 1060. The average molecular weight is 418 g/mol. The van der Waals surface area contributed by atoms with Crippen LogP contribution < -0.4 is 11.0 Å². The molecule has 0 saturated heterocycles. The van der Waals surface area contributed by atoms with Crippen LogP contribution in [0, 0.1) is 10.1 Å². The highest BCUT2D eigenvalue weighted by molar-refractivity contribution is 9.10. The van der Waals surface area contributed by atoms with Crippen LogP contribution in [-0.4, -0.2) is 25.2 Å². The summed E-state index contributed by atoms with van der Waals surface area (Å²) in [5.41, 5.74) is 0.706. The highest BCUT2D eigenvalue weighted by Crippen LogP contribution is 2.26. The molecule has 0 aliphatic heterocycles. The summed E-state index contributed by atoms with van der Waals surface area (Å²) in [6.07, 6.45) is 1.40. The molecule has 1 heterocycles. The first kappa shape index (κ1) is 17.5. The Kier molecular flexibility index (Phi) is 4.67. The molecule has 3 aromatic rings. The lowest BCUT2D eigenvalue weighted by atomic mass is 10.2. The fourth-order valence-electron chi connectivity index (χ4n) is 2.24. The number of nitro benzene ring substituents is 1.